The zero-order valence-electron chi connectivity index (χ0n) is 10.9. The van der Waals surface area contributed by atoms with Gasteiger partial charge in [-0.05, 0) is 42.3 Å². The van der Waals surface area contributed by atoms with Crippen molar-refractivity contribution in [3.63, 3.8) is 0 Å². The average molecular weight is 308 g/mol. The van der Waals surface area contributed by atoms with Crippen LogP contribution in [0.5, 0.6) is 0 Å². The van der Waals surface area contributed by atoms with Crippen molar-refractivity contribution in [2.24, 2.45) is 0 Å². The fourth-order valence-electron chi connectivity index (χ4n) is 1.84. The number of benzene rings is 2. The summed E-state index contributed by atoms with van der Waals surface area (Å²) in [4.78, 5) is 0.0621. The third kappa shape index (κ3) is 3.03. The number of hydrogen-bond acceptors (Lipinski definition) is 2. The lowest BCUT2D eigenvalue weighted by molar-refractivity contribution is 0.601. The van der Waals surface area contributed by atoms with Crippen LogP contribution in [0.1, 0.15) is 11.1 Å². The van der Waals surface area contributed by atoms with E-state index in [1.54, 1.807) is 36.4 Å². The van der Waals surface area contributed by atoms with Crippen LogP contribution >= 0.6 is 11.6 Å². The second-order valence-electron chi connectivity index (χ2n) is 4.31. The van der Waals surface area contributed by atoms with E-state index in [4.69, 9.17) is 11.6 Å². The van der Waals surface area contributed by atoms with Gasteiger partial charge < -0.3 is 0 Å². The summed E-state index contributed by atoms with van der Waals surface area (Å²) in [5, 5.41) is 0.194. The second kappa shape index (κ2) is 5.69. The van der Waals surface area contributed by atoms with Gasteiger partial charge in [0.15, 0.2) is 0 Å². The molecule has 0 saturated heterocycles. The lowest BCUT2D eigenvalue weighted by Gasteiger charge is -2.11. The van der Waals surface area contributed by atoms with Gasteiger partial charge >= 0.3 is 0 Å². The van der Waals surface area contributed by atoms with Crippen LogP contribution in [0.15, 0.2) is 53.9 Å². The first kappa shape index (κ1) is 14.6. The van der Waals surface area contributed by atoms with E-state index in [2.05, 4.69) is 11.3 Å². The molecule has 0 aliphatic rings. The van der Waals surface area contributed by atoms with Crippen LogP contribution in [0.3, 0.4) is 0 Å². The van der Waals surface area contributed by atoms with Gasteiger partial charge in [0.05, 0.1) is 5.02 Å². The highest BCUT2D eigenvalue weighted by molar-refractivity contribution is 7.92. The molecule has 0 bridgehead atoms. The Labute approximate surface area is 124 Å². The van der Waals surface area contributed by atoms with Crippen molar-refractivity contribution >= 4 is 33.4 Å². The van der Waals surface area contributed by atoms with Gasteiger partial charge in [0.1, 0.15) is 4.90 Å². The minimum absolute atomic E-state index is 0.0621. The maximum atomic E-state index is 12.3. The molecule has 1 N–H and O–H groups in total. The molecule has 0 aromatic heterocycles. The van der Waals surface area contributed by atoms with E-state index >= 15 is 0 Å². The van der Waals surface area contributed by atoms with Crippen molar-refractivity contribution < 1.29 is 8.42 Å². The SMILES string of the molecule is C=Cc1ccc(NS(=O)(=O)c2ccccc2Cl)cc1C. The molecule has 0 saturated carbocycles. The van der Waals surface area contributed by atoms with Gasteiger partial charge in [-0.3, -0.25) is 4.72 Å². The van der Waals surface area contributed by atoms with Crippen LogP contribution in [0.2, 0.25) is 5.02 Å². The van der Waals surface area contributed by atoms with Gasteiger partial charge in [0, 0.05) is 5.69 Å². The molecule has 0 atom stereocenters. The van der Waals surface area contributed by atoms with Gasteiger partial charge in [-0.2, -0.15) is 0 Å². The molecular formula is C15H14ClNO2S. The predicted octanol–water partition coefficient (Wildman–Crippen LogP) is 4.09. The molecule has 0 fully saturated rings. The first-order chi connectivity index (χ1) is 9.44. The van der Waals surface area contributed by atoms with Gasteiger partial charge in [0.25, 0.3) is 10.0 Å². The molecule has 0 unspecified atom stereocenters. The van der Waals surface area contributed by atoms with Crippen LogP contribution in [0.4, 0.5) is 5.69 Å². The van der Waals surface area contributed by atoms with Crippen molar-refractivity contribution in [1.29, 1.82) is 0 Å². The van der Waals surface area contributed by atoms with Crippen molar-refractivity contribution in [2.75, 3.05) is 4.72 Å². The summed E-state index contributed by atoms with van der Waals surface area (Å²) < 4.78 is 27.1. The summed E-state index contributed by atoms with van der Waals surface area (Å²) in [6.45, 7) is 5.59. The number of sulfonamides is 1. The van der Waals surface area contributed by atoms with E-state index in [0.29, 0.717) is 5.69 Å². The molecule has 0 heterocycles. The zero-order chi connectivity index (χ0) is 14.8. The number of halogens is 1. The summed E-state index contributed by atoms with van der Waals surface area (Å²) >= 11 is 5.92. The first-order valence-electron chi connectivity index (χ1n) is 5.94. The molecule has 2 aromatic carbocycles. The Bertz CT molecular complexity index is 754. The van der Waals surface area contributed by atoms with Gasteiger partial charge in [-0.1, -0.05) is 42.5 Å². The molecule has 3 nitrogen and oxygen atoms in total. The van der Waals surface area contributed by atoms with Crippen molar-refractivity contribution in [3.8, 4) is 0 Å². The van der Waals surface area contributed by atoms with E-state index in [9.17, 15) is 8.42 Å². The minimum atomic E-state index is -3.69. The highest BCUT2D eigenvalue weighted by atomic mass is 35.5. The molecule has 2 rings (SSSR count). The van der Waals surface area contributed by atoms with E-state index in [0.717, 1.165) is 11.1 Å². The molecule has 2 aromatic rings. The van der Waals surface area contributed by atoms with Crippen LogP contribution in [-0.4, -0.2) is 8.42 Å². The molecule has 20 heavy (non-hydrogen) atoms. The van der Waals surface area contributed by atoms with Crippen molar-refractivity contribution in [2.45, 2.75) is 11.8 Å². The second-order valence-corrected chi connectivity index (χ2v) is 6.37. The lowest BCUT2D eigenvalue weighted by atomic mass is 10.1. The first-order valence-corrected chi connectivity index (χ1v) is 7.80. The molecular weight excluding hydrogens is 294 g/mol. The fraction of sp³-hybridized carbons (Fsp3) is 0.0667. The third-order valence-corrected chi connectivity index (χ3v) is 4.75. The molecule has 0 spiro atoms. The zero-order valence-corrected chi connectivity index (χ0v) is 12.5. The number of nitrogens with one attached hydrogen (secondary N) is 1. The topological polar surface area (TPSA) is 46.2 Å². The smallest absolute Gasteiger partial charge is 0.263 e. The van der Waals surface area contributed by atoms with E-state index in [-0.39, 0.29) is 9.92 Å². The van der Waals surface area contributed by atoms with Gasteiger partial charge in [-0.25, -0.2) is 8.42 Å². The molecule has 0 aliphatic heterocycles. The summed E-state index contributed by atoms with van der Waals surface area (Å²) in [7, 11) is -3.69. The summed E-state index contributed by atoms with van der Waals surface area (Å²) in [6, 6.07) is 11.6. The van der Waals surface area contributed by atoms with E-state index < -0.39 is 10.0 Å². The van der Waals surface area contributed by atoms with E-state index in [1.807, 2.05) is 13.0 Å². The van der Waals surface area contributed by atoms with Crippen molar-refractivity contribution in [1.82, 2.24) is 0 Å². The maximum absolute atomic E-state index is 12.3. The molecule has 5 heteroatoms. The Morgan fingerprint density at radius 1 is 1.20 bits per heavy atom. The summed E-state index contributed by atoms with van der Waals surface area (Å²) in [5.74, 6) is 0. The minimum Gasteiger partial charge on any atom is -0.280 e. The van der Waals surface area contributed by atoms with Crippen LogP contribution in [0.25, 0.3) is 6.08 Å². The normalized spacial score (nSPS) is 11.1. The highest BCUT2D eigenvalue weighted by Crippen LogP contribution is 2.24. The molecule has 0 radical (unpaired) electrons. The van der Waals surface area contributed by atoms with Crippen molar-refractivity contribution in [3.05, 3.63) is 65.2 Å². The molecule has 0 amide bonds. The van der Waals surface area contributed by atoms with Gasteiger partial charge in [-0.15, -0.1) is 0 Å². The third-order valence-electron chi connectivity index (χ3n) is 2.87. The molecule has 0 aliphatic carbocycles. The van der Waals surface area contributed by atoms with E-state index in [1.165, 1.54) is 6.07 Å². The largest absolute Gasteiger partial charge is 0.280 e. The Morgan fingerprint density at radius 3 is 2.50 bits per heavy atom. The number of rotatable bonds is 4. The Balaban J connectivity index is 2.36. The van der Waals surface area contributed by atoms with Gasteiger partial charge in [0.2, 0.25) is 0 Å². The average Bonchev–Trinajstić information content (AvgIpc) is 2.38. The lowest BCUT2D eigenvalue weighted by Crippen LogP contribution is -2.13. The maximum Gasteiger partial charge on any atom is 0.263 e. The number of hydrogen-bond donors (Lipinski definition) is 1. The highest BCUT2D eigenvalue weighted by Gasteiger charge is 2.17. The number of aryl methyl sites for hydroxylation is 1. The Hall–Kier alpha value is -1.78. The standard InChI is InChI=1S/C15H14ClNO2S/c1-3-12-8-9-13(10-11(12)2)17-20(18,19)15-7-5-4-6-14(15)16/h3-10,17H,1H2,2H3. The summed E-state index contributed by atoms with van der Waals surface area (Å²) in [5.41, 5.74) is 2.40. The number of anilines is 1. The fourth-order valence-corrected chi connectivity index (χ4v) is 3.41. The quantitative estimate of drug-likeness (QED) is 0.924. The van der Waals surface area contributed by atoms with Crippen LogP contribution < -0.4 is 4.72 Å². The molecule has 104 valence electrons. The Morgan fingerprint density at radius 2 is 1.90 bits per heavy atom. The van der Waals surface area contributed by atoms with Crippen LogP contribution in [0, 0.1) is 6.92 Å². The van der Waals surface area contributed by atoms with Crippen LogP contribution in [-0.2, 0) is 10.0 Å². The predicted molar refractivity (Wildman–Crippen MR) is 83.5 cm³/mol. The Kier molecular flexibility index (Phi) is 4.16. The monoisotopic (exact) mass is 307 g/mol. The summed E-state index contributed by atoms with van der Waals surface area (Å²) in [6.07, 6.45) is 1.72.